The van der Waals surface area contributed by atoms with Crippen LogP contribution >= 0.6 is 0 Å². The Kier molecular flexibility index (Phi) is 5.06. The molecule has 7 heteroatoms. The van der Waals surface area contributed by atoms with Crippen molar-refractivity contribution >= 4 is 15.9 Å². The summed E-state index contributed by atoms with van der Waals surface area (Å²) in [5.41, 5.74) is 2.96. The molecule has 27 heavy (non-hydrogen) atoms. The molecule has 1 aromatic carbocycles. The van der Waals surface area contributed by atoms with E-state index in [1.54, 1.807) is 17.0 Å². The maximum Gasteiger partial charge on any atom is 0.257 e. The van der Waals surface area contributed by atoms with Gasteiger partial charge in [-0.15, -0.1) is 0 Å². The zero-order valence-electron chi connectivity index (χ0n) is 15.2. The second-order valence-electron chi connectivity index (χ2n) is 7.34. The third-order valence-corrected chi connectivity index (χ3v) is 7.02. The molecule has 1 aliphatic carbocycles. The van der Waals surface area contributed by atoms with Gasteiger partial charge in [-0.2, -0.15) is 0 Å². The summed E-state index contributed by atoms with van der Waals surface area (Å²) in [5.74, 6) is -0.0697. The normalized spacial score (nSPS) is 18.3. The first-order valence-electron chi connectivity index (χ1n) is 9.48. The number of rotatable bonds is 4. The Balaban J connectivity index is 1.39. The van der Waals surface area contributed by atoms with Gasteiger partial charge in [-0.3, -0.25) is 4.79 Å². The fraction of sp³-hybridized carbons (Fsp3) is 0.450. The molecule has 0 spiro atoms. The van der Waals surface area contributed by atoms with Crippen LogP contribution in [0.2, 0.25) is 0 Å². The molecule has 1 amide bonds. The number of furan rings is 1. The fourth-order valence-corrected chi connectivity index (χ4v) is 5.29. The Labute approximate surface area is 159 Å². The number of nitrogens with one attached hydrogen (secondary N) is 1. The van der Waals surface area contributed by atoms with Crippen LogP contribution in [0.5, 0.6) is 0 Å². The number of carbonyl (C=O) groups is 1. The van der Waals surface area contributed by atoms with Gasteiger partial charge in [0.2, 0.25) is 10.0 Å². The quantitative estimate of drug-likeness (QED) is 0.873. The van der Waals surface area contributed by atoms with E-state index in [0.717, 1.165) is 24.8 Å². The van der Waals surface area contributed by atoms with E-state index in [9.17, 15) is 13.2 Å². The predicted octanol–water partition coefficient (Wildman–Crippen LogP) is 2.74. The molecule has 1 saturated heterocycles. The third-order valence-electron chi connectivity index (χ3n) is 5.50. The molecule has 1 N–H and O–H groups in total. The van der Waals surface area contributed by atoms with Gasteiger partial charge in [-0.1, -0.05) is 6.07 Å². The zero-order valence-corrected chi connectivity index (χ0v) is 16.0. The average Bonchev–Trinajstić information content (AvgIpc) is 3.22. The van der Waals surface area contributed by atoms with Crippen molar-refractivity contribution in [1.29, 1.82) is 0 Å². The number of amides is 1. The lowest BCUT2D eigenvalue weighted by Crippen LogP contribution is -2.46. The fourth-order valence-electron chi connectivity index (χ4n) is 3.93. The highest BCUT2D eigenvalue weighted by atomic mass is 32.2. The number of hydrogen-bond donors (Lipinski definition) is 1. The standard InChI is InChI=1S/C20H24N2O4S/c23-20(17-9-12-26-14-17)22-10-7-18(8-11-22)21-27(24,25)19-6-5-15-3-1-2-4-16(15)13-19/h5-6,9,12-14,18,21H,1-4,7-8,10-11H2. The molecule has 0 unspecified atom stereocenters. The Morgan fingerprint density at radius 3 is 2.52 bits per heavy atom. The van der Waals surface area contributed by atoms with Crippen molar-refractivity contribution in [2.45, 2.75) is 49.5 Å². The van der Waals surface area contributed by atoms with Crippen molar-refractivity contribution < 1.29 is 17.6 Å². The lowest BCUT2D eigenvalue weighted by molar-refractivity contribution is 0.0710. The van der Waals surface area contributed by atoms with Crippen molar-refractivity contribution in [3.63, 3.8) is 0 Å². The van der Waals surface area contributed by atoms with Gasteiger partial charge in [0.15, 0.2) is 0 Å². The minimum atomic E-state index is -3.54. The van der Waals surface area contributed by atoms with Crippen LogP contribution < -0.4 is 4.72 Å². The second-order valence-corrected chi connectivity index (χ2v) is 9.05. The highest BCUT2D eigenvalue weighted by Gasteiger charge is 2.28. The number of nitrogens with zero attached hydrogens (tertiary/aromatic N) is 1. The van der Waals surface area contributed by atoms with E-state index in [2.05, 4.69) is 4.72 Å². The van der Waals surface area contributed by atoms with Gasteiger partial charge in [0, 0.05) is 19.1 Å². The van der Waals surface area contributed by atoms with Crippen molar-refractivity contribution in [2.24, 2.45) is 0 Å². The number of aryl methyl sites for hydroxylation is 2. The van der Waals surface area contributed by atoms with Crippen LogP contribution in [0.1, 0.15) is 47.2 Å². The molecule has 2 heterocycles. The topological polar surface area (TPSA) is 79.6 Å². The van der Waals surface area contributed by atoms with E-state index >= 15 is 0 Å². The number of sulfonamides is 1. The summed E-state index contributed by atoms with van der Waals surface area (Å²) in [6.45, 7) is 1.06. The third kappa shape index (κ3) is 3.94. The van der Waals surface area contributed by atoms with Crippen LogP contribution in [0.3, 0.4) is 0 Å². The van der Waals surface area contributed by atoms with Gasteiger partial charge in [0.25, 0.3) is 5.91 Å². The molecule has 1 aliphatic heterocycles. The van der Waals surface area contributed by atoms with Crippen LogP contribution in [0.15, 0.2) is 46.1 Å². The molecule has 144 valence electrons. The van der Waals surface area contributed by atoms with Gasteiger partial charge >= 0.3 is 0 Å². The summed E-state index contributed by atoms with van der Waals surface area (Å²) < 4.78 is 33.4. The molecule has 6 nitrogen and oxygen atoms in total. The van der Waals surface area contributed by atoms with E-state index in [-0.39, 0.29) is 11.9 Å². The number of hydrogen-bond acceptors (Lipinski definition) is 4. The minimum Gasteiger partial charge on any atom is -0.472 e. The van der Waals surface area contributed by atoms with Gasteiger partial charge in [-0.25, -0.2) is 13.1 Å². The molecule has 0 saturated carbocycles. The smallest absolute Gasteiger partial charge is 0.257 e. The largest absolute Gasteiger partial charge is 0.472 e. The maximum atomic E-state index is 12.8. The van der Waals surface area contributed by atoms with Crippen molar-refractivity contribution in [2.75, 3.05) is 13.1 Å². The summed E-state index contributed by atoms with van der Waals surface area (Å²) in [6, 6.07) is 6.99. The van der Waals surface area contributed by atoms with Crippen molar-refractivity contribution in [3.05, 3.63) is 53.5 Å². The first kappa shape index (κ1) is 18.3. The minimum absolute atomic E-state index is 0.0697. The summed E-state index contributed by atoms with van der Waals surface area (Å²) in [4.78, 5) is 14.4. The van der Waals surface area contributed by atoms with Crippen LogP contribution in [0.4, 0.5) is 0 Å². The maximum absolute atomic E-state index is 12.8. The summed E-state index contributed by atoms with van der Waals surface area (Å²) in [5, 5.41) is 0. The molecule has 1 fully saturated rings. The molecule has 0 radical (unpaired) electrons. The average molecular weight is 388 g/mol. The van der Waals surface area contributed by atoms with Crippen LogP contribution in [0.25, 0.3) is 0 Å². The van der Waals surface area contributed by atoms with Gasteiger partial charge < -0.3 is 9.32 Å². The summed E-state index contributed by atoms with van der Waals surface area (Å²) in [7, 11) is -3.54. The molecular weight excluding hydrogens is 364 g/mol. The van der Waals surface area contributed by atoms with Crippen molar-refractivity contribution in [3.8, 4) is 0 Å². The highest BCUT2D eigenvalue weighted by Crippen LogP contribution is 2.25. The van der Waals surface area contributed by atoms with Crippen LogP contribution in [0, 0.1) is 0 Å². The Morgan fingerprint density at radius 2 is 1.81 bits per heavy atom. The van der Waals surface area contributed by atoms with Crippen molar-refractivity contribution in [1.82, 2.24) is 9.62 Å². The van der Waals surface area contributed by atoms with E-state index in [1.807, 2.05) is 12.1 Å². The number of benzene rings is 1. The van der Waals surface area contributed by atoms with Gasteiger partial charge in [-0.05, 0) is 67.9 Å². The SMILES string of the molecule is O=C(c1ccoc1)N1CCC(NS(=O)(=O)c2ccc3c(c2)CCCC3)CC1. The molecule has 2 aliphatic rings. The number of likely N-dealkylation sites (tertiary alicyclic amines) is 1. The molecular formula is C20H24N2O4S. The first-order chi connectivity index (χ1) is 13.0. The van der Waals surface area contributed by atoms with Crippen LogP contribution in [-0.4, -0.2) is 38.4 Å². The van der Waals surface area contributed by atoms with E-state index in [0.29, 0.717) is 36.4 Å². The first-order valence-corrected chi connectivity index (χ1v) is 11.0. The summed E-state index contributed by atoms with van der Waals surface area (Å²) >= 11 is 0. The molecule has 0 bridgehead atoms. The second kappa shape index (κ2) is 7.48. The van der Waals surface area contributed by atoms with E-state index in [4.69, 9.17) is 4.42 Å². The molecule has 0 atom stereocenters. The molecule has 1 aromatic heterocycles. The van der Waals surface area contributed by atoms with E-state index < -0.39 is 10.0 Å². The lowest BCUT2D eigenvalue weighted by atomic mass is 9.92. The predicted molar refractivity (Wildman–Crippen MR) is 101 cm³/mol. The van der Waals surface area contributed by atoms with Gasteiger partial charge in [0.05, 0.1) is 16.7 Å². The van der Waals surface area contributed by atoms with Crippen LogP contribution in [-0.2, 0) is 22.9 Å². The number of carbonyl (C=O) groups excluding carboxylic acids is 1. The highest BCUT2D eigenvalue weighted by molar-refractivity contribution is 7.89. The Morgan fingerprint density at radius 1 is 1.07 bits per heavy atom. The Hall–Kier alpha value is -2.12. The van der Waals surface area contributed by atoms with E-state index in [1.165, 1.54) is 24.5 Å². The number of fused-ring (bicyclic) bond motifs is 1. The zero-order chi connectivity index (χ0) is 18.9. The molecule has 2 aromatic rings. The summed E-state index contributed by atoms with van der Waals surface area (Å²) in [6.07, 6.45) is 8.40. The molecule has 4 rings (SSSR count). The number of piperidine rings is 1. The lowest BCUT2D eigenvalue weighted by Gasteiger charge is -2.32. The van der Waals surface area contributed by atoms with Gasteiger partial charge in [0.1, 0.15) is 6.26 Å². The Bertz CT molecular complexity index is 913. The monoisotopic (exact) mass is 388 g/mol.